The molecule has 112 valence electrons. The molecule has 1 aliphatic rings. The number of methoxy groups -OCH3 is 1. The van der Waals surface area contributed by atoms with Gasteiger partial charge in [-0.05, 0) is 43.0 Å². The molecule has 1 aromatic rings. The summed E-state index contributed by atoms with van der Waals surface area (Å²) < 4.78 is 22.7. The predicted octanol–water partition coefficient (Wildman–Crippen LogP) is 2.72. The Balaban J connectivity index is 2.03. The van der Waals surface area contributed by atoms with Crippen molar-refractivity contribution in [2.75, 3.05) is 7.11 Å². The predicted molar refractivity (Wildman–Crippen MR) is 74.7 cm³/mol. The van der Waals surface area contributed by atoms with E-state index in [0.29, 0.717) is 5.57 Å². The lowest BCUT2D eigenvalue weighted by Gasteiger charge is -2.13. The van der Waals surface area contributed by atoms with Crippen molar-refractivity contribution in [3.8, 4) is 0 Å². The van der Waals surface area contributed by atoms with Crippen LogP contribution in [0.1, 0.15) is 25.3 Å². The fourth-order valence-corrected chi connectivity index (χ4v) is 1.98. The molecular formula is C16H17FO4. The molecule has 1 atom stereocenters. The number of hydrogen-bond acceptors (Lipinski definition) is 4. The van der Waals surface area contributed by atoms with Crippen molar-refractivity contribution in [3.63, 3.8) is 0 Å². The van der Waals surface area contributed by atoms with E-state index in [4.69, 9.17) is 4.74 Å². The van der Waals surface area contributed by atoms with Crippen molar-refractivity contribution < 1.29 is 23.5 Å². The van der Waals surface area contributed by atoms with Gasteiger partial charge < -0.3 is 9.47 Å². The Hall–Kier alpha value is -2.17. The highest BCUT2D eigenvalue weighted by molar-refractivity contribution is 5.92. The normalized spacial score (nSPS) is 16.2. The topological polar surface area (TPSA) is 52.6 Å². The van der Waals surface area contributed by atoms with Crippen molar-refractivity contribution in [2.45, 2.75) is 25.9 Å². The number of rotatable bonds is 5. The maximum Gasteiger partial charge on any atom is 0.347 e. The summed E-state index contributed by atoms with van der Waals surface area (Å²) in [6.07, 6.45) is 2.17. The lowest BCUT2D eigenvalue weighted by Crippen LogP contribution is -2.29. The summed E-state index contributed by atoms with van der Waals surface area (Å²) in [4.78, 5) is 23.4. The van der Waals surface area contributed by atoms with E-state index in [1.807, 2.05) is 0 Å². The first kappa shape index (κ1) is 15.2. The molecule has 2 rings (SSSR count). The minimum absolute atomic E-state index is 0.0564. The first-order valence-corrected chi connectivity index (χ1v) is 6.74. The molecule has 1 aliphatic carbocycles. The molecule has 1 aromatic carbocycles. The number of hydrogen-bond donors (Lipinski definition) is 0. The molecule has 1 unspecified atom stereocenters. The van der Waals surface area contributed by atoms with E-state index >= 15 is 0 Å². The Morgan fingerprint density at radius 3 is 2.43 bits per heavy atom. The third-order valence-corrected chi connectivity index (χ3v) is 3.36. The molecule has 0 aliphatic heterocycles. The molecule has 0 amide bonds. The lowest BCUT2D eigenvalue weighted by atomic mass is 10.1. The zero-order valence-electron chi connectivity index (χ0n) is 12.0. The zero-order chi connectivity index (χ0) is 15.4. The third kappa shape index (κ3) is 4.15. The highest BCUT2D eigenvalue weighted by Crippen LogP contribution is 2.35. The van der Waals surface area contributed by atoms with Crippen LogP contribution in [0.25, 0.3) is 5.57 Å². The van der Waals surface area contributed by atoms with Crippen molar-refractivity contribution in [1.29, 1.82) is 0 Å². The van der Waals surface area contributed by atoms with Crippen LogP contribution >= 0.6 is 0 Å². The standard InChI is InChI=1S/C16H17FO4/c1-10(11-5-7-13(17)8-6-11)9-14(18)21-15(12-3-4-12)16(19)20-2/h5-9,12,15H,3-4H2,1-2H3. The number of allylic oxidation sites excluding steroid dienone is 1. The van der Waals surface area contributed by atoms with Crippen LogP contribution in [0.15, 0.2) is 30.3 Å². The van der Waals surface area contributed by atoms with E-state index < -0.39 is 18.0 Å². The quantitative estimate of drug-likeness (QED) is 0.618. The average Bonchev–Trinajstić information content (AvgIpc) is 3.29. The Labute approximate surface area is 122 Å². The molecule has 1 saturated carbocycles. The molecule has 4 nitrogen and oxygen atoms in total. The summed E-state index contributed by atoms with van der Waals surface area (Å²) in [7, 11) is 1.27. The van der Waals surface area contributed by atoms with E-state index in [9.17, 15) is 14.0 Å². The van der Waals surface area contributed by atoms with Crippen LogP contribution in [-0.4, -0.2) is 25.2 Å². The molecule has 0 saturated heterocycles. The summed E-state index contributed by atoms with van der Waals surface area (Å²) in [6.45, 7) is 1.72. The largest absolute Gasteiger partial charge is 0.466 e. The van der Waals surface area contributed by atoms with Gasteiger partial charge in [0.05, 0.1) is 7.11 Å². The smallest absolute Gasteiger partial charge is 0.347 e. The second-order valence-corrected chi connectivity index (χ2v) is 5.05. The number of carbonyl (C=O) groups excluding carboxylic acids is 2. The third-order valence-electron chi connectivity index (χ3n) is 3.36. The summed E-state index contributed by atoms with van der Waals surface area (Å²) >= 11 is 0. The first-order chi connectivity index (χ1) is 10.0. The molecule has 0 spiro atoms. The molecule has 5 heteroatoms. The van der Waals surface area contributed by atoms with Gasteiger partial charge in [0.15, 0.2) is 0 Å². The van der Waals surface area contributed by atoms with E-state index in [1.165, 1.54) is 25.3 Å². The van der Waals surface area contributed by atoms with Gasteiger partial charge >= 0.3 is 11.9 Å². The summed E-state index contributed by atoms with van der Waals surface area (Å²) in [5.41, 5.74) is 1.36. The van der Waals surface area contributed by atoms with Gasteiger partial charge in [0.2, 0.25) is 6.10 Å². The summed E-state index contributed by atoms with van der Waals surface area (Å²) in [5.74, 6) is -1.41. The fraction of sp³-hybridized carbons (Fsp3) is 0.375. The van der Waals surface area contributed by atoms with Crippen LogP contribution in [0.5, 0.6) is 0 Å². The van der Waals surface area contributed by atoms with Gasteiger partial charge in [-0.3, -0.25) is 0 Å². The van der Waals surface area contributed by atoms with Gasteiger partial charge in [-0.1, -0.05) is 12.1 Å². The number of benzene rings is 1. The van der Waals surface area contributed by atoms with Gasteiger partial charge in [-0.25, -0.2) is 14.0 Å². The van der Waals surface area contributed by atoms with Crippen molar-refractivity contribution in [2.24, 2.45) is 5.92 Å². The average molecular weight is 292 g/mol. The maximum atomic E-state index is 12.8. The molecule has 0 radical (unpaired) electrons. The Bertz CT molecular complexity index is 558. The monoisotopic (exact) mass is 292 g/mol. The number of carbonyl (C=O) groups is 2. The van der Waals surface area contributed by atoms with E-state index in [0.717, 1.165) is 18.4 Å². The van der Waals surface area contributed by atoms with Crippen LogP contribution in [0.3, 0.4) is 0 Å². The fourth-order valence-electron chi connectivity index (χ4n) is 1.98. The summed E-state index contributed by atoms with van der Waals surface area (Å²) in [6, 6.07) is 5.79. The summed E-state index contributed by atoms with van der Waals surface area (Å²) in [5, 5.41) is 0. The molecule has 21 heavy (non-hydrogen) atoms. The SMILES string of the molecule is COC(=O)C(OC(=O)C=C(C)c1ccc(F)cc1)C1CC1. The Morgan fingerprint density at radius 1 is 1.29 bits per heavy atom. The second-order valence-electron chi connectivity index (χ2n) is 5.05. The number of ether oxygens (including phenoxy) is 2. The van der Waals surface area contributed by atoms with E-state index in [1.54, 1.807) is 19.1 Å². The molecule has 0 bridgehead atoms. The van der Waals surface area contributed by atoms with E-state index in [-0.39, 0.29) is 11.7 Å². The minimum Gasteiger partial charge on any atom is -0.466 e. The second kappa shape index (κ2) is 6.52. The van der Waals surface area contributed by atoms with Gasteiger partial charge in [0, 0.05) is 12.0 Å². The van der Waals surface area contributed by atoms with Crippen LogP contribution in [-0.2, 0) is 19.1 Å². The van der Waals surface area contributed by atoms with Gasteiger partial charge in [0.1, 0.15) is 5.82 Å². The van der Waals surface area contributed by atoms with Gasteiger partial charge in [-0.2, -0.15) is 0 Å². The molecular weight excluding hydrogens is 275 g/mol. The maximum absolute atomic E-state index is 12.8. The lowest BCUT2D eigenvalue weighted by molar-refractivity contribution is -0.164. The van der Waals surface area contributed by atoms with E-state index in [2.05, 4.69) is 4.74 Å². The van der Waals surface area contributed by atoms with Crippen LogP contribution in [0, 0.1) is 11.7 Å². The van der Waals surface area contributed by atoms with Crippen molar-refractivity contribution >= 4 is 17.5 Å². The molecule has 0 N–H and O–H groups in total. The van der Waals surface area contributed by atoms with Crippen LogP contribution < -0.4 is 0 Å². The Morgan fingerprint density at radius 2 is 1.90 bits per heavy atom. The van der Waals surface area contributed by atoms with Crippen LogP contribution in [0.4, 0.5) is 4.39 Å². The Kier molecular flexibility index (Phi) is 4.73. The van der Waals surface area contributed by atoms with Crippen LogP contribution in [0.2, 0.25) is 0 Å². The highest BCUT2D eigenvalue weighted by Gasteiger charge is 2.39. The highest BCUT2D eigenvalue weighted by atomic mass is 19.1. The number of halogens is 1. The van der Waals surface area contributed by atoms with Crippen molar-refractivity contribution in [1.82, 2.24) is 0 Å². The minimum atomic E-state index is -0.834. The van der Waals surface area contributed by atoms with Gasteiger partial charge in [0.25, 0.3) is 0 Å². The zero-order valence-corrected chi connectivity index (χ0v) is 12.0. The molecule has 1 fully saturated rings. The molecule has 0 aromatic heterocycles. The molecule has 0 heterocycles. The van der Waals surface area contributed by atoms with Crippen molar-refractivity contribution in [3.05, 3.63) is 41.7 Å². The number of esters is 2. The first-order valence-electron chi connectivity index (χ1n) is 6.74. The van der Waals surface area contributed by atoms with Gasteiger partial charge in [-0.15, -0.1) is 0 Å².